The van der Waals surface area contributed by atoms with Crippen LogP contribution < -0.4 is 16.0 Å². The third kappa shape index (κ3) is 2.47. The van der Waals surface area contributed by atoms with Gasteiger partial charge in [-0.1, -0.05) is 0 Å². The van der Waals surface area contributed by atoms with E-state index in [2.05, 4.69) is 5.10 Å². The Labute approximate surface area is 121 Å². The van der Waals surface area contributed by atoms with Crippen LogP contribution in [0.1, 0.15) is 11.3 Å². The van der Waals surface area contributed by atoms with Crippen LogP contribution in [0.3, 0.4) is 0 Å². The van der Waals surface area contributed by atoms with Gasteiger partial charge in [0, 0.05) is 24.1 Å². The van der Waals surface area contributed by atoms with Crippen LogP contribution in [0.15, 0.2) is 41.5 Å². The first-order valence-electron chi connectivity index (χ1n) is 6.55. The quantitative estimate of drug-likeness (QED) is 0.739. The summed E-state index contributed by atoms with van der Waals surface area (Å²) in [6.45, 7) is 2.29. The Morgan fingerprint density at radius 3 is 2.81 bits per heavy atom. The van der Waals surface area contributed by atoms with Gasteiger partial charge in [-0.2, -0.15) is 5.10 Å². The van der Waals surface area contributed by atoms with Gasteiger partial charge >= 0.3 is 0 Å². The van der Waals surface area contributed by atoms with Crippen LogP contribution in [-0.2, 0) is 6.54 Å². The number of ether oxygens (including phenoxy) is 1. The number of hydrogen-bond acceptors (Lipinski definition) is 4. The largest absolute Gasteiger partial charge is 0.497 e. The third-order valence-electron chi connectivity index (χ3n) is 3.30. The fourth-order valence-electron chi connectivity index (χ4n) is 2.36. The Morgan fingerprint density at radius 1 is 1.24 bits per heavy atom. The summed E-state index contributed by atoms with van der Waals surface area (Å²) < 4.78 is 8.42. The molecule has 0 amide bonds. The maximum absolute atomic E-state index is 12.4. The van der Waals surface area contributed by atoms with Crippen molar-refractivity contribution in [3.8, 4) is 5.75 Å². The first kappa shape index (κ1) is 13.2. The normalized spacial score (nSPS) is 11.0. The molecule has 0 aliphatic rings. The Hall–Kier alpha value is -2.76. The van der Waals surface area contributed by atoms with E-state index < -0.39 is 0 Å². The van der Waals surface area contributed by atoms with Gasteiger partial charge < -0.3 is 15.0 Å². The van der Waals surface area contributed by atoms with Gasteiger partial charge in [0.2, 0.25) is 0 Å². The van der Waals surface area contributed by atoms with Crippen LogP contribution in [0.5, 0.6) is 5.75 Å². The van der Waals surface area contributed by atoms with Crippen molar-refractivity contribution >= 4 is 11.2 Å². The van der Waals surface area contributed by atoms with Gasteiger partial charge in [-0.3, -0.25) is 4.79 Å². The van der Waals surface area contributed by atoms with Crippen LogP contribution in [0, 0.1) is 6.92 Å². The lowest BCUT2D eigenvalue weighted by Crippen LogP contribution is -2.21. The van der Waals surface area contributed by atoms with E-state index in [-0.39, 0.29) is 5.56 Å². The zero-order valence-corrected chi connectivity index (χ0v) is 11.9. The van der Waals surface area contributed by atoms with Gasteiger partial charge in [-0.05, 0) is 30.7 Å². The summed E-state index contributed by atoms with van der Waals surface area (Å²) >= 11 is 0. The number of rotatable bonds is 3. The van der Waals surface area contributed by atoms with Gasteiger partial charge in [0.15, 0.2) is 0 Å². The smallest absolute Gasteiger partial charge is 0.276 e. The summed E-state index contributed by atoms with van der Waals surface area (Å²) in [5.74, 6) is 0.680. The predicted molar refractivity (Wildman–Crippen MR) is 80.7 cm³/mol. The molecule has 2 N–H and O–H groups in total. The van der Waals surface area contributed by atoms with Gasteiger partial charge in [-0.25, -0.2) is 4.52 Å². The van der Waals surface area contributed by atoms with Gasteiger partial charge in [0.25, 0.3) is 5.56 Å². The Bertz CT molecular complexity index is 864. The number of methoxy groups -OCH3 is 1. The zero-order valence-electron chi connectivity index (χ0n) is 11.9. The molecule has 0 unspecified atom stereocenters. The Morgan fingerprint density at radius 2 is 2.05 bits per heavy atom. The lowest BCUT2D eigenvalue weighted by molar-refractivity contribution is 0.414. The molecule has 6 heteroatoms. The van der Waals surface area contributed by atoms with E-state index in [0.29, 0.717) is 23.5 Å². The van der Waals surface area contributed by atoms with Crippen molar-refractivity contribution in [3.63, 3.8) is 0 Å². The van der Waals surface area contributed by atoms with Gasteiger partial charge in [-0.15, -0.1) is 0 Å². The van der Waals surface area contributed by atoms with E-state index in [1.165, 1.54) is 0 Å². The SMILES string of the molecule is COc1cc(N)cc(Cn2ccn3nc(C)cc3c2=O)c1. The molecule has 108 valence electrons. The molecule has 0 aliphatic heterocycles. The molecular formula is C15H16N4O2. The second-order valence-electron chi connectivity index (χ2n) is 4.96. The average Bonchev–Trinajstić information content (AvgIpc) is 2.83. The van der Waals surface area contributed by atoms with E-state index in [1.807, 2.05) is 19.1 Å². The highest BCUT2D eigenvalue weighted by Crippen LogP contribution is 2.19. The van der Waals surface area contributed by atoms with Crippen molar-refractivity contribution in [2.24, 2.45) is 0 Å². The molecule has 3 rings (SSSR count). The number of anilines is 1. The topological polar surface area (TPSA) is 74.6 Å². The highest BCUT2D eigenvalue weighted by molar-refractivity contribution is 5.48. The average molecular weight is 284 g/mol. The van der Waals surface area contributed by atoms with E-state index >= 15 is 0 Å². The van der Waals surface area contributed by atoms with E-state index in [4.69, 9.17) is 10.5 Å². The first-order chi connectivity index (χ1) is 10.1. The summed E-state index contributed by atoms with van der Waals surface area (Å²) in [4.78, 5) is 12.4. The molecule has 2 heterocycles. The van der Waals surface area contributed by atoms with Crippen molar-refractivity contribution in [2.45, 2.75) is 13.5 Å². The minimum atomic E-state index is -0.0838. The minimum Gasteiger partial charge on any atom is -0.497 e. The number of nitrogens with two attached hydrogens (primary N) is 1. The van der Waals surface area contributed by atoms with Crippen molar-refractivity contribution < 1.29 is 4.74 Å². The molecule has 0 saturated heterocycles. The lowest BCUT2D eigenvalue weighted by atomic mass is 10.2. The standard InChI is InChI=1S/C15H16N4O2/c1-10-5-14-15(20)18(3-4-19(14)17-10)9-11-6-12(16)8-13(7-11)21-2/h3-8H,9,16H2,1-2H3. The number of nitrogen functional groups attached to an aromatic ring is 1. The van der Waals surface area contributed by atoms with E-state index in [0.717, 1.165) is 11.3 Å². The number of aromatic nitrogens is 3. The van der Waals surface area contributed by atoms with Crippen molar-refractivity contribution in [1.82, 2.24) is 14.2 Å². The van der Waals surface area contributed by atoms with Crippen molar-refractivity contribution in [1.29, 1.82) is 0 Å². The van der Waals surface area contributed by atoms with E-state index in [1.54, 1.807) is 40.7 Å². The molecule has 0 bridgehead atoms. The molecule has 3 aromatic rings. The number of fused-ring (bicyclic) bond motifs is 1. The minimum absolute atomic E-state index is 0.0838. The molecule has 0 spiro atoms. The maximum atomic E-state index is 12.4. The summed E-state index contributed by atoms with van der Waals surface area (Å²) in [6, 6.07) is 7.23. The molecule has 6 nitrogen and oxygen atoms in total. The Balaban J connectivity index is 2.03. The number of aryl methyl sites for hydroxylation is 1. The van der Waals surface area contributed by atoms with Crippen LogP contribution in [-0.4, -0.2) is 21.3 Å². The molecular weight excluding hydrogens is 268 g/mol. The predicted octanol–water partition coefficient (Wildman–Crippen LogP) is 1.44. The summed E-state index contributed by atoms with van der Waals surface area (Å²) in [7, 11) is 1.59. The van der Waals surface area contributed by atoms with Crippen molar-refractivity contribution in [2.75, 3.05) is 12.8 Å². The van der Waals surface area contributed by atoms with Crippen molar-refractivity contribution in [3.05, 3.63) is 58.3 Å². The zero-order chi connectivity index (χ0) is 15.0. The number of benzene rings is 1. The number of hydrogen-bond donors (Lipinski definition) is 1. The highest BCUT2D eigenvalue weighted by atomic mass is 16.5. The van der Waals surface area contributed by atoms with Crippen LogP contribution in [0.2, 0.25) is 0 Å². The Kier molecular flexibility index (Phi) is 3.13. The number of nitrogens with zero attached hydrogens (tertiary/aromatic N) is 3. The van der Waals surface area contributed by atoms with Gasteiger partial charge in [0.05, 0.1) is 19.3 Å². The third-order valence-corrected chi connectivity index (χ3v) is 3.30. The fourth-order valence-corrected chi connectivity index (χ4v) is 2.36. The molecule has 1 aromatic carbocycles. The summed E-state index contributed by atoms with van der Waals surface area (Å²) in [6.07, 6.45) is 3.49. The van der Waals surface area contributed by atoms with E-state index in [9.17, 15) is 4.79 Å². The molecule has 0 saturated carbocycles. The molecule has 2 aromatic heterocycles. The maximum Gasteiger partial charge on any atom is 0.276 e. The monoisotopic (exact) mass is 284 g/mol. The summed E-state index contributed by atoms with van der Waals surface area (Å²) in [5.41, 5.74) is 8.65. The van der Waals surface area contributed by atoms with Crippen LogP contribution in [0.25, 0.3) is 5.52 Å². The summed E-state index contributed by atoms with van der Waals surface area (Å²) in [5, 5.41) is 4.23. The second kappa shape index (κ2) is 4.97. The second-order valence-corrected chi connectivity index (χ2v) is 4.96. The molecule has 0 radical (unpaired) electrons. The molecule has 0 aliphatic carbocycles. The van der Waals surface area contributed by atoms with Crippen LogP contribution >= 0.6 is 0 Å². The fraction of sp³-hybridized carbons (Fsp3) is 0.200. The highest BCUT2D eigenvalue weighted by Gasteiger charge is 2.07. The van der Waals surface area contributed by atoms with Gasteiger partial charge in [0.1, 0.15) is 11.3 Å². The molecule has 0 fully saturated rings. The lowest BCUT2D eigenvalue weighted by Gasteiger charge is -2.09. The molecule has 21 heavy (non-hydrogen) atoms. The first-order valence-corrected chi connectivity index (χ1v) is 6.55. The van der Waals surface area contributed by atoms with Crippen LogP contribution in [0.4, 0.5) is 5.69 Å². The molecule has 0 atom stereocenters.